The topological polar surface area (TPSA) is 3.88 Å². The van der Waals surface area contributed by atoms with Crippen molar-refractivity contribution in [3.8, 4) is 0 Å². The number of unbranched alkanes of at least 4 members (excludes halogenated alkanes) is 12. The Hall–Kier alpha value is -0.850. The lowest BCUT2D eigenvalue weighted by Crippen LogP contribution is -2.38. The second-order valence-electron chi connectivity index (χ2n) is 7.80. The lowest BCUT2D eigenvalue weighted by atomic mass is 10.00. The minimum atomic E-state index is 0.715. The largest absolute Gasteiger partial charge is 0.202 e. The number of hydrogen-bond donors (Lipinski definition) is 0. The molecular formula is C24H44N+. The van der Waals surface area contributed by atoms with Gasteiger partial charge in [0.15, 0.2) is 18.4 Å². The average Bonchev–Trinajstić information content (AvgIpc) is 2.65. The van der Waals surface area contributed by atoms with Crippen LogP contribution in [0.3, 0.4) is 0 Å². The molecule has 1 heteroatoms. The smallest absolute Gasteiger partial charge is 0.169 e. The quantitative estimate of drug-likeness (QED) is 0.200. The van der Waals surface area contributed by atoms with Crippen LogP contribution in [0.5, 0.6) is 0 Å². The van der Waals surface area contributed by atoms with Gasteiger partial charge in [0.1, 0.15) is 0 Å². The lowest BCUT2D eigenvalue weighted by Gasteiger charge is -2.12. The molecule has 0 radical (unpaired) electrons. The summed E-state index contributed by atoms with van der Waals surface area (Å²) < 4.78 is 2.46. The minimum absolute atomic E-state index is 0.715. The molecule has 0 fully saturated rings. The SMILES string of the molecule is CCCCCCCCCCCCC(CCCCCC)[n+]1ccccc1. The van der Waals surface area contributed by atoms with Gasteiger partial charge >= 0.3 is 0 Å². The molecule has 1 aromatic heterocycles. The van der Waals surface area contributed by atoms with Crippen LogP contribution in [0.15, 0.2) is 30.6 Å². The molecule has 0 aliphatic rings. The fourth-order valence-corrected chi connectivity index (χ4v) is 3.77. The Kier molecular flexibility index (Phi) is 14.7. The highest BCUT2D eigenvalue weighted by atomic mass is 15.0. The zero-order chi connectivity index (χ0) is 18.0. The Morgan fingerprint density at radius 1 is 0.520 bits per heavy atom. The average molecular weight is 347 g/mol. The first-order valence-electron chi connectivity index (χ1n) is 11.3. The summed E-state index contributed by atoms with van der Waals surface area (Å²) in [5.74, 6) is 0. The third kappa shape index (κ3) is 12.2. The predicted octanol–water partition coefficient (Wildman–Crippen LogP) is 7.80. The summed E-state index contributed by atoms with van der Waals surface area (Å²) in [5, 5.41) is 0. The highest BCUT2D eigenvalue weighted by molar-refractivity contribution is 4.84. The van der Waals surface area contributed by atoms with Gasteiger partial charge in [-0.3, -0.25) is 0 Å². The molecule has 0 saturated heterocycles. The number of pyridine rings is 1. The Labute approximate surface area is 158 Å². The van der Waals surface area contributed by atoms with Crippen molar-refractivity contribution >= 4 is 0 Å². The molecule has 0 saturated carbocycles. The van der Waals surface area contributed by atoms with Gasteiger partial charge in [0.2, 0.25) is 0 Å². The molecule has 1 rings (SSSR count). The second-order valence-corrected chi connectivity index (χ2v) is 7.80. The van der Waals surface area contributed by atoms with Gasteiger partial charge in [0.25, 0.3) is 0 Å². The summed E-state index contributed by atoms with van der Waals surface area (Å²) in [7, 11) is 0. The molecule has 0 aliphatic heterocycles. The molecule has 1 aromatic rings. The van der Waals surface area contributed by atoms with Gasteiger partial charge in [0.05, 0.1) is 0 Å². The maximum absolute atomic E-state index is 2.46. The zero-order valence-corrected chi connectivity index (χ0v) is 17.2. The first kappa shape index (κ1) is 22.2. The lowest BCUT2D eigenvalue weighted by molar-refractivity contribution is -0.724. The van der Waals surface area contributed by atoms with Gasteiger partial charge in [-0.15, -0.1) is 0 Å². The van der Waals surface area contributed by atoms with E-state index in [4.69, 9.17) is 0 Å². The molecule has 0 aromatic carbocycles. The van der Waals surface area contributed by atoms with Crippen molar-refractivity contribution in [1.29, 1.82) is 0 Å². The second kappa shape index (κ2) is 16.6. The number of aromatic nitrogens is 1. The standard InChI is InChI=1S/C24H44N/c1-3-5-7-9-10-11-12-13-14-17-21-24(20-16-8-6-4-2)25-22-18-15-19-23-25/h15,18-19,22-24H,3-14,16-17,20-21H2,1-2H3/q+1. The maximum atomic E-state index is 2.46. The highest BCUT2D eigenvalue weighted by Crippen LogP contribution is 2.19. The molecule has 0 aliphatic carbocycles. The predicted molar refractivity (Wildman–Crippen MR) is 111 cm³/mol. The third-order valence-corrected chi connectivity index (χ3v) is 5.44. The summed E-state index contributed by atoms with van der Waals surface area (Å²) in [5.41, 5.74) is 0. The molecule has 1 atom stereocenters. The van der Waals surface area contributed by atoms with Crippen LogP contribution in [-0.4, -0.2) is 0 Å². The first-order chi connectivity index (χ1) is 12.4. The van der Waals surface area contributed by atoms with E-state index < -0.39 is 0 Å². The molecule has 25 heavy (non-hydrogen) atoms. The van der Waals surface area contributed by atoms with Crippen molar-refractivity contribution < 1.29 is 4.57 Å². The Morgan fingerprint density at radius 2 is 0.920 bits per heavy atom. The van der Waals surface area contributed by atoms with Crippen molar-refractivity contribution in [3.05, 3.63) is 30.6 Å². The van der Waals surface area contributed by atoms with E-state index in [2.05, 4.69) is 49.0 Å². The van der Waals surface area contributed by atoms with Crippen LogP contribution in [0.1, 0.15) is 123 Å². The van der Waals surface area contributed by atoms with Crippen LogP contribution in [-0.2, 0) is 0 Å². The van der Waals surface area contributed by atoms with E-state index in [1.807, 2.05) is 0 Å². The van der Waals surface area contributed by atoms with Crippen LogP contribution < -0.4 is 4.57 Å². The molecule has 1 nitrogen and oxygen atoms in total. The zero-order valence-electron chi connectivity index (χ0n) is 17.2. The first-order valence-corrected chi connectivity index (χ1v) is 11.3. The van der Waals surface area contributed by atoms with E-state index in [0.29, 0.717) is 6.04 Å². The Bertz CT molecular complexity index is 373. The molecule has 1 unspecified atom stereocenters. The molecule has 144 valence electrons. The Balaban J connectivity index is 2.13. The summed E-state index contributed by atoms with van der Waals surface area (Å²) in [4.78, 5) is 0. The van der Waals surface area contributed by atoms with Gasteiger partial charge in [-0.2, -0.15) is 0 Å². The van der Waals surface area contributed by atoms with Crippen molar-refractivity contribution in [1.82, 2.24) is 0 Å². The van der Waals surface area contributed by atoms with Gasteiger partial charge < -0.3 is 0 Å². The van der Waals surface area contributed by atoms with E-state index in [9.17, 15) is 0 Å². The number of rotatable bonds is 17. The van der Waals surface area contributed by atoms with Gasteiger partial charge in [-0.1, -0.05) is 97.0 Å². The molecule has 0 bridgehead atoms. The van der Waals surface area contributed by atoms with E-state index in [1.165, 1.54) is 103 Å². The van der Waals surface area contributed by atoms with Crippen LogP contribution in [0.25, 0.3) is 0 Å². The van der Waals surface area contributed by atoms with E-state index >= 15 is 0 Å². The van der Waals surface area contributed by atoms with Gasteiger partial charge in [-0.05, 0) is 12.8 Å². The van der Waals surface area contributed by atoms with Crippen molar-refractivity contribution in [2.75, 3.05) is 0 Å². The van der Waals surface area contributed by atoms with Crippen molar-refractivity contribution in [2.24, 2.45) is 0 Å². The molecule has 0 spiro atoms. The van der Waals surface area contributed by atoms with E-state index in [0.717, 1.165) is 0 Å². The molecule has 1 heterocycles. The summed E-state index contributed by atoms with van der Waals surface area (Å²) in [6, 6.07) is 7.20. The highest BCUT2D eigenvalue weighted by Gasteiger charge is 2.16. The van der Waals surface area contributed by atoms with Crippen molar-refractivity contribution in [3.63, 3.8) is 0 Å². The van der Waals surface area contributed by atoms with Crippen LogP contribution in [0.4, 0.5) is 0 Å². The summed E-state index contributed by atoms with van der Waals surface area (Å²) >= 11 is 0. The van der Waals surface area contributed by atoms with Gasteiger partial charge in [-0.25, -0.2) is 4.57 Å². The minimum Gasteiger partial charge on any atom is -0.202 e. The fraction of sp³-hybridized carbons (Fsp3) is 0.792. The monoisotopic (exact) mass is 346 g/mol. The third-order valence-electron chi connectivity index (χ3n) is 5.44. The maximum Gasteiger partial charge on any atom is 0.169 e. The Morgan fingerprint density at radius 3 is 1.40 bits per heavy atom. The summed E-state index contributed by atoms with van der Waals surface area (Å²) in [6.45, 7) is 4.60. The van der Waals surface area contributed by atoms with E-state index in [1.54, 1.807) is 0 Å². The van der Waals surface area contributed by atoms with Crippen LogP contribution >= 0.6 is 0 Å². The fourth-order valence-electron chi connectivity index (χ4n) is 3.77. The number of hydrogen-bond acceptors (Lipinski definition) is 0. The molecule has 0 N–H and O–H groups in total. The van der Waals surface area contributed by atoms with E-state index in [-0.39, 0.29) is 0 Å². The van der Waals surface area contributed by atoms with Gasteiger partial charge in [0, 0.05) is 25.0 Å². The van der Waals surface area contributed by atoms with Crippen molar-refractivity contribution in [2.45, 2.75) is 123 Å². The van der Waals surface area contributed by atoms with Crippen LogP contribution in [0.2, 0.25) is 0 Å². The van der Waals surface area contributed by atoms with Crippen LogP contribution in [0, 0.1) is 0 Å². The number of nitrogens with zero attached hydrogens (tertiary/aromatic N) is 1. The molecular weight excluding hydrogens is 302 g/mol. The normalized spacial score (nSPS) is 12.4. The molecule has 0 amide bonds. The summed E-state index contributed by atoms with van der Waals surface area (Å²) in [6.07, 6.45) is 27.1.